The molecule has 0 aliphatic carbocycles. The van der Waals surface area contributed by atoms with Crippen LogP contribution in [0.2, 0.25) is 0 Å². The van der Waals surface area contributed by atoms with Crippen molar-refractivity contribution in [3.63, 3.8) is 0 Å². The van der Waals surface area contributed by atoms with Crippen LogP contribution in [0.3, 0.4) is 0 Å². The molecule has 0 fully saturated rings. The van der Waals surface area contributed by atoms with E-state index in [9.17, 15) is 26.4 Å². The fourth-order valence-electron chi connectivity index (χ4n) is 7.07. The summed E-state index contributed by atoms with van der Waals surface area (Å²) in [6.45, 7) is 14.5. The van der Waals surface area contributed by atoms with Crippen molar-refractivity contribution < 1.29 is 35.2 Å². The van der Waals surface area contributed by atoms with Crippen molar-refractivity contribution in [3.05, 3.63) is 107 Å². The van der Waals surface area contributed by atoms with E-state index in [1.165, 1.54) is 69.0 Å². The fraction of sp³-hybridized carbons (Fsp3) is 0.349. The summed E-state index contributed by atoms with van der Waals surface area (Å²) in [7, 11) is -7.14. The number of hydrogen-bond acceptors (Lipinski definition) is 10. The Hall–Kier alpha value is -6.48. The Morgan fingerprint density at radius 1 is 0.688 bits per heavy atom. The van der Waals surface area contributed by atoms with Gasteiger partial charge in [0, 0.05) is 54.5 Å². The monoisotopic (exact) mass is 919 g/mol. The number of hydrogen-bond donors (Lipinski definition) is 4. The molecule has 0 saturated carbocycles. The molecule has 0 radical (unpaired) electrons. The number of aryl methyl sites for hydroxylation is 3. The minimum atomic E-state index is -4.40. The predicted molar refractivity (Wildman–Crippen MR) is 238 cm³/mol. The van der Waals surface area contributed by atoms with Crippen LogP contribution in [0.25, 0.3) is 22.4 Å². The van der Waals surface area contributed by atoms with Crippen LogP contribution in [0.4, 0.5) is 29.7 Å². The van der Waals surface area contributed by atoms with Gasteiger partial charge in [-0.2, -0.15) is 32.1 Å². The third-order valence-corrected chi connectivity index (χ3v) is 12.8. The Bertz CT molecular complexity index is 2940. The maximum Gasteiger partial charge on any atom is 0.333 e. The van der Waals surface area contributed by atoms with Crippen LogP contribution in [0.5, 0.6) is 0 Å². The van der Waals surface area contributed by atoms with Gasteiger partial charge >= 0.3 is 12.1 Å². The molecule has 4 N–H and O–H groups in total. The van der Waals surface area contributed by atoms with E-state index in [-0.39, 0.29) is 45.0 Å². The second-order valence-electron chi connectivity index (χ2n) is 16.3. The highest BCUT2D eigenvalue weighted by Crippen LogP contribution is 2.39. The maximum atomic E-state index is 15.5. The van der Waals surface area contributed by atoms with E-state index in [1.54, 1.807) is 46.0 Å². The van der Waals surface area contributed by atoms with Crippen molar-refractivity contribution in [1.29, 1.82) is 0 Å². The lowest BCUT2D eigenvalue weighted by Crippen LogP contribution is -2.35. The number of carbonyl (C=O) groups is 2. The third kappa shape index (κ3) is 10.6. The summed E-state index contributed by atoms with van der Waals surface area (Å²) in [5.41, 5.74) is 3.73. The number of anilines is 2. The Morgan fingerprint density at radius 2 is 1.20 bits per heavy atom. The van der Waals surface area contributed by atoms with E-state index in [4.69, 9.17) is 0 Å². The molecule has 0 aliphatic heterocycles. The van der Waals surface area contributed by atoms with Gasteiger partial charge in [0.05, 0.1) is 22.8 Å². The van der Waals surface area contributed by atoms with Crippen LogP contribution < -0.4 is 20.1 Å². The number of halogens is 2. The lowest BCUT2D eigenvalue weighted by atomic mass is 9.90. The zero-order valence-electron chi connectivity index (χ0n) is 36.8. The highest BCUT2D eigenvalue weighted by Gasteiger charge is 2.27. The quantitative estimate of drug-likeness (QED) is 0.0775. The summed E-state index contributed by atoms with van der Waals surface area (Å²) >= 11 is 0. The number of pyridine rings is 1. The van der Waals surface area contributed by atoms with E-state index < -0.39 is 49.7 Å². The first-order valence-corrected chi connectivity index (χ1v) is 23.4. The van der Waals surface area contributed by atoms with E-state index in [0.717, 1.165) is 0 Å². The number of carbonyl (C=O) groups excluding carboxylic acids is 2. The molecule has 1 unspecified atom stereocenters. The number of aromatic nitrogens is 7. The molecule has 64 heavy (non-hydrogen) atoms. The zero-order chi connectivity index (χ0) is 46.8. The highest BCUT2D eigenvalue weighted by molar-refractivity contribution is 7.90. The van der Waals surface area contributed by atoms with Gasteiger partial charge in [0.25, 0.3) is 20.0 Å². The molecule has 0 aliphatic rings. The van der Waals surface area contributed by atoms with E-state index in [1.807, 2.05) is 44.1 Å². The minimum Gasteiger partial charge on any atom is -0.306 e. The molecule has 340 valence electrons. The maximum absolute atomic E-state index is 15.5. The number of nitrogens with zero attached hydrogens (tertiary/aromatic N) is 7. The van der Waals surface area contributed by atoms with Crippen LogP contribution in [-0.4, -0.2) is 63.2 Å². The Kier molecular flexibility index (Phi) is 13.7. The molecule has 4 aromatic heterocycles. The zero-order valence-corrected chi connectivity index (χ0v) is 38.4. The SMILES string of the molecule is Cc1cc(-c2cc(F)cc(C(C)CCc3cc(-c4cc(F)cc(C(C)C)c4NC(=O)NS(=O)(=O)c4ccn(C(C)C)n4)n(C)n3)c2NC(=O)NS(=O)(=O)c2ccn(C(C)C)n2)ccn1. The topological polar surface area (TPSA) is 217 Å². The van der Waals surface area contributed by atoms with E-state index in [2.05, 4.69) is 30.9 Å². The van der Waals surface area contributed by atoms with Crippen LogP contribution in [0, 0.1) is 18.6 Å². The predicted octanol–water partition coefficient (Wildman–Crippen LogP) is 8.17. The number of rotatable bonds is 15. The number of sulfonamides is 2. The van der Waals surface area contributed by atoms with Gasteiger partial charge in [-0.15, -0.1) is 0 Å². The van der Waals surface area contributed by atoms with Crippen LogP contribution in [-0.2, 0) is 33.5 Å². The molecule has 1 atom stereocenters. The van der Waals surface area contributed by atoms with Crippen molar-refractivity contribution in [3.8, 4) is 22.4 Å². The number of benzene rings is 2. The van der Waals surface area contributed by atoms with Gasteiger partial charge in [-0.05, 0) is 131 Å². The second-order valence-corrected chi connectivity index (χ2v) is 19.6. The number of urea groups is 2. The van der Waals surface area contributed by atoms with Gasteiger partial charge < -0.3 is 10.6 Å². The number of nitrogens with one attached hydrogen (secondary N) is 4. The van der Waals surface area contributed by atoms with Gasteiger partial charge in [0.15, 0.2) is 10.1 Å². The summed E-state index contributed by atoms with van der Waals surface area (Å²) in [6, 6.07) is 10.2. The summed E-state index contributed by atoms with van der Waals surface area (Å²) in [6.07, 6.45) is 5.15. The van der Waals surface area contributed by atoms with Gasteiger partial charge in [-0.1, -0.05) is 20.8 Å². The summed E-state index contributed by atoms with van der Waals surface area (Å²) in [5.74, 6) is -1.97. The smallest absolute Gasteiger partial charge is 0.306 e. The second kappa shape index (κ2) is 18.7. The molecule has 4 amide bonds. The number of amides is 4. The molecule has 0 saturated heterocycles. The molecular weight excluding hydrogens is 869 g/mol. The Morgan fingerprint density at radius 3 is 1.70 bits per heavy atom. The normalized spacial score (nSPS) is 12.5. The van der Waals surface area contributed by atoms with Gasteiger partial charge in [-0.3, -0.25) is 19.0 Å². The lowest BCUT2D eigenvalue weighted by Gasteiger charge is -2.21. The first-order valence-electron chi connectivity index (χ1n) is 20.4. The van der Waals surface area contributed by atoms with Crippen LogP contribution in [0.15, 0.2) is 83.2 Å². The standard InChI is InChI=1S/C43H51F2N11O6S2/c1-24(2)33-19-30(44)22-36(40(33)47-42(57)52-63(59,60)38-13-16-55(50-38)25(3)4)37-23-32(49-54(37)9)11-10-27(7)34-20-31(45)21-35(29-12-15-46-28(8)18-29)41(34)48-43(58)53-64(61,62)39-14-17-56(51-39)26(5)6/h12-27H,10-11H2,1-9H3,(H2,47,52,57)(H2,48,53,58). The molecule has 2 aromatic carbocycles. The van der Waals surface area contributed by atoms with Crippen molar-refractivity contribution in [1.82, 2.24) is 43.8 Å². The molecule has 17 nitrogen and oxygen atoms in total. The summed E-state index contributed by atoms with van der Waals surface area (Å²) in [5, 5.41) is 17.4. The Balaban J connectivity index is 1.28. The van der Waals surface area contributed by atoms with Gasteiger partial charge in [0.2, 0.25) is 0 Å². The average molecular weight is 920 g/mol. The van der Waals surface area contributed by atoms with Crippen molar-refractivity contribution in [2.24, 2.45) is 7.05 Å². The molecule has 21 heteroatoms. The first-order chi connectivity index (χ1) is 30.0. The molecule has 0 spiro atoms. The van der Waals surface area contributed by atoms with E-state index in [0.29, 0.717) is 52.2 Å². The molecule has 6 rings (SSSR count). The fourth-order valence-corrected chi connectivity index (χ4v) is 8.76. The first kappa shape index (κ1) is 47.0. The van der Waals surface area contributed by atoms with Crippen molar-refractivity contribution in [2.45, 2.75) is 102 Å². The van der Waals surface area contributed by atoms with Gasteiger partial charge in [-0.25, -0.2) is 27.8 Å². The third-order valence-electron chi connectivity index (χ3n) is 10.4. The van der Waals surface area contributed by atoms with Gasteiger partial charge in [0.1, 0.15) is 11.6 Å². The van der Waals surface area contributed by atoms with Crippen molar-refractivity contribution in [2.75, 3.05) is 10.6 Å². The summed E-state index contributed by atoms with van der Waals surface area (Å²) < 4.78 is 91.9. The lowest BCUT2D eigenvalue weighted by molar-refractivity contribution is 0.255. The van der Waals surface area contributed by atoms with E-state index >= 15 is 8.78 Å². The van der Waals surface area contributed by atoms with Crippen molar-refractivity contribution >= 4 is 43.5 Å². The highest BCUT2D eigenvalue weighted by atomic mass is 32.2. The molecule has 6 aromatic rings. The largest absolute Gasteiger partial charge is 0.333 e. The van der Waals surface area contributed by atoms with Crippen LogP contribution in [0.1, 0.15) is 101 Å². The average Bonchev–Trinajstić information content (AvgIpc) is 3.99. The van der Waals surface area contributed by atoms with Crippen LogP contribution >= 0.6 is 0 Å². The Labute approximate surface area is 370 Å². The molecular formula is C43H51F2N11O6S2. The summed E-state index contributed by atoms with van der Waals surface area (Å²) in [4.78, 5) is 31.1. The molecule has 4 heterocycles. The molecule has 0 bridgehead atoms. The minimum absolute atomic E-state index is 0.121.